The van der Waals surface area contributed by atoms with Crippen LogP contribution in [0.3, 0.4) is 0 Å². The van der Waals surface area contributed by atoms with Gasteiger partial charge in [0.1, 0.15) is 6.04 Å². The molecule has 2 aliphatic heterocycles. The highest BCUT2D eigenvalue weighted by molar-refractivity contribution is 6.01. The van der Waals surface area contributed by atoms with Crippen molar-refractivity contribution >= 4 is 23.5 Å². The lowest BCUT2D eigenvalue weighted by molar-refractivity contribution is -0.156. The molecule has 2 amide bonds. The monoisotopic (exact) mass is 358 g/mol. The number of likely N-dealkylation sites (tertiary alicyclic amines) is 1. The number of hydrogen-bond donors (Lipinski definition) is 0. The molecule has 6 heteroatoms. The number of carbonyl (C=O) groups is 3. The number of nitrogens with zero attached hydrogens (tertiary/aromatic N) is 2. The number of amides is 2. The fourth-order valence-corrected chi connectivity index (χ4v) is 3.94. The van der Waals surface area contributed by atoms with E-state index in [0.717, 1.165) is 29.7 Å². The Hall–Kier alpha value is -2.37. The van der Waals surface area contributed by atoms with Crippen LogP contribution in [0.1, 0.15) is 36.8 Å². The lowest BCUT2D eigenvalue weighted by atomic mass is 9.98. The summed E-state index contributed by atoms with van der Waals surface area (Å²) < 4.78 is 4.86. The van der Waals surface area contributed by atoms with Gasteiger partial charge in [-0.1, -0.05) is 12.1 Å². The Balaban J connectivity index is 1.78. The average molecular weight is 358 g/mol. The van der Waals surface area contributed by atoms with Crippen molar-refractivity contribution in [1.82, 2.24) is 4.90 Å². The van der Waals surface area contributed by atoms with Crippen molar-refractivity contribution in [2.45, 2.75) is 45.6 Å². The van der Waals surface area contributed by atoms with Gasteiger partial charge in [-0.15, -0.1) is 0 Å². The summed E-state index contributed by atoms with van der Waals surface area (Å²) in [6.07, 6.45) is 2.60. The van der Waals surface area contributed by atoms with E-state index in [9.17, 15) is 14.4 Å². The quantitative estimate of drug-likeness (QED) is 0.777. The van der Waals surface area contributed by atoms with Gasteiger partial charge in [-0.2, -0.15) is 0 Å². The first-order valence-corrected chi connectivity index (χ1v) is 9.19. The minimum absolute atomic E-state index is 0.0383. The van der Waals surface area contributed by atoms with Crippen LogP contribution in [-0.2, 0) is 19.1 Å². The van der Waals surface area contributed by atoms with Crippen molar-refractivity contribution < 1.29 is 19.1 Å². The summed E-state index contributed by atoms with van der Waals surface area (Å²) in [5.41, 5.74) is 3.04. The van der Waals surface area contributed by atoms with E-state index in [4.69, 9.17) is 4.74 Å². The molecule has 1 aromatic carbocycles. The van der Waals surface area contributed by atoms with Gasteiger partial charge < -0.3 is 14.5 Å². The highest BCUT2D eigenvalue weighted by atomic mass is 16.5. The van der Waals surface area contributed by atoms with Crippen LogP contribution >= 0.6 is 0 Å². The highest BCUT2D eigenvalue weighted by Crippen LogP contribution is 2.31. The van der Waals surface area contributed by atoms with E-state index in [1.165, 1.54) is 7.11 Å². The highest BCUT2D eigenvalue weighted by Gasteiger charge is 2.41. The average Bonchev–Trinajstić information content (AvgIpc) is 3.04. The molecule has 2 heterocycles. The van der Waals surface area contributed by atoms with Gasteiger partial charge in [0.15, 0.2) is 0 Å². The minimum Gasteiger partial charge on any atom is -0.467 e. The molecule has 0 N–H and O–H groups in total. The van der Waals surface area contributed by atoms with Crippen molar-refractivity contribution in [3.05, 3.63) is 29.3 Å². The summed E-state index contributed by atoms with van der Waals surface area (Å²) in [6.45, 7) is 4.92. The fourth-order valence-electron chi connectivity index (χ4n) is 3.94. The van der Waals surface area contributed by atoms with Crippen molar-refractivity contribution in [3.8, 4) is 0 Å². The second-order valence-corrected chi connectivity index (χ2v) is 7.19. The first-order chi connectivity index (χ1) is 12.4. The first kappa shape index (κ1) is 18.4. The molecule has 0 aliphatic carbocycles. The molecule has 2 aliphatic rings. The number of rotatable bonds is 3. The molecule has 0 aromatic heterocycles. The standard InChI is InChI=1S/C20H26N2O4/c1-13-7-6-9-16(14(13)2)22-12-15(11-18(22)23)19(24)21-10-5-4-8-17(21)20(25)26-3/h6-7,9,15,17H,4-5,8,10-12H2,1-3H3/t15-,17-/m0/s1. The van der Waals surface area contributed by atoms with Crippen LogP contribution in [0, 0.1) is 19.8 Å². The van der Waals surface area contributed by atoms with Crippen LogP contribution in [-0.4, -0.2) is 48.9 Å². The second-order valence-electron chi connectivity index (χ2n) is 7.19. The van der Waals surface area contributed by atoms with Crippen molar-refractivity contribution in [1.29, 1.82) is 0 Å². The molecule has 1 aromatic rings. The second kappa shape index (κ2) is 7.48. The van der Waals surface area contributed by atoms with Crippen LogP contribution in [0.25, 0.3) is 0 Å². The summed E-state index contributed by atoms with van der Waals surface area (Å²) in [5.74, 6) is -0.925. The Bertz CT molecular complexity index is 731. The number of hydrogen-bond acceptors (Lipinski definition) is 4. The van der Waals surface area contributed by atoms with Gasteiger partial charge in [-0.3, -0.25) is 9.59 Å². The zero-order valence-corrected chi connectivity index (χ0v) is 15.7. The molecule has 3 rings (SSSR count). The van der Waals surface area contributed by atoms with E-state index in [1.54, 1.807) is 9.80 Å². The topological polar surface area (TPSA) is 66.9 Å². The third kappa shape index (κ3) is 3.32. The number of esters is 1. The Labute approximate surface area is 154 Å². The number of benzene rings is 1. The van der Waals surface area contributed by atoms with Crippen LogP contribution in [0.4, 0.5) is 5.69 Å². The largest absolute Gasteiger partial charge is 0.467 e. The van der Waals surface area contributed by atoms with Gasteiger partial charge in [-0.05, 0) is 50.3 Å². The van der Waals surface area contributed by atoms with Gasteiger partial charge in [0.2, 0.25) is 11.8 Å². The molecular formula is C20H26N2O4. The van der Waals surface area contributed by atoms with Gasteiger partial charge >= 0.3 is 5.97 Å². The Morgan fingerprint density at radius 3 is 2.69 bits per heavy atom. The van der Waals surface area contributed by atoms with Crippen molar-refractivity contribution in [2.24, 2.45) is 5.92 Å². The molecule has 2 atom stereocenters. The van der Waals surface area contributed by atoms with Gasteiger partial charge in [-0.25, -0.2) is 4.79 Å². The van der Waals surface area contributed by atoms with Crippen LogP contribution in [0.15, 0.2) is 18.2 Å². The Morgan fingerprint density at radius 2 is 1.96 bits per heavy atom. The minimum atomic E-state index is -0.522. The summed E-state index contributed by atoms with van der Waals surface area (Å²) in [5, 5.41) is 0. The van der Waals surface area contributed by atoms with E-state index in [-0.39, 0.29) is 24.2 Å². The molecular weight excluding hydrogens is 332 g/mol. The maximum Gasteiger partial charge on any atom is 0.328 e. The van der Waals surface area contributed by atoms with Crippen LogP contribution in [0.5, 0.6) is 0 Å². The van der Waals surface area contributed by atoms with Crippen LogP contribution in [0.2, 0.25) is 0 Å². The molecule has 0 unspecified atom stereocenters. The Morgan fingerprint density at radius 1 is 1.19 bits per heavy atom. The third-order valence-electron chi connectivity index (χ3n) is 5.60. The summed E-state index contributed by atoms with van der Waals surface area (Å²) in [7, 11) is 1.35. The van der Waals surface area contributed by atoms with Crippen molar-refractivity contribution in [3.63, 3.8) is 0 Å². The number of aryl methyl sites for hydroxylation is 1. The summed E-state index contributed by atoms with van der Waals surface area (Å²) >= 11 is 0. The fraction of sp³-hybridized carbons (Fsp3) is 0.550. The van der Waals surface area contributed by atoms with Crippen LogP contribution < -0.4 is 4.90 Å². The summed E-state index contributed by atoms with van der Waals surface area (Å²) in [4.78, 5) is 41.0. The number of ether oxygens (including phenoxy) is 1. The Kier molecular flexibility index (Phi) is 5.30. The molecule has 2 saturated heterocycles. The van der Waals surface area contributed by atoms with E-state index < -0.39 is 12.0 Å². The van der Waals surface area contributed by atoms with E-state index in [2.05, 4.69) is 0 Å². The molecule has 2 fully saturated rings. The zero-order chi connectivity index (χ0) is 18.8. The zero-order valence-electron chi connectivity index (χ0n) is 15.7. The first-order valence-electron chi connectivity index (χ1n) is 9.19. The lowest BCUT2D eigenvalue weighted by Crippen LogP contribution is -2.50. The van der Waals surface area contributed by atoms with E-state index in [0.29, 0.717) is 19.5 Å². The van der Waals surface area contributed by atoms with Gasteiger partial charge in [0.05, 0.1) is 13.0 Å². The van der Waals surface area contributed by atoms with Gasteiger partial charge in [0.25, 0.3) is 0 Å². The molecule has 0 radical (unpaired) electrons. The molecule has 0 saturated carbocycles. The molecule has 6 nitrogen and oxygen atoms in total. The molecule has 140 valence electrons. The number of methoxy groups -OCH3 is 1. The third-order valence-corrected chi connectivity index (χ3v) is 5.60. The predicted octanol–water partition coefficient (Wildman–Crippen LogP) is 2.21. The van der Waals surface area contributed by atoms with Gasteiger partial charge in [0, 0.05) is 25.2 Å². The SMILES string of the molecule is COC(=O)[C@@H]1CCCCN1C(=O)[C@H]1CC(=O)N(c2cccc(C)c2C)C1. The van der Waals surface area contributed by atoms with E-state index in [1.807, 2.05) is 32.0 Å². The molecule has 26 heavy (non-hydrogen) atoms. The maximum atomic E-state index is 13.0. The number of anilines is 1. The normalized spacial score (nSPS) is 23.3. The van der Waals surface area contributed by atoms with E-state index >= 15 is 0 Å². The maximum absolute atomic E-state index is 13.0. The predicted molar refractivity (Wildman–Crippen MR) is 97.7 cm³/mol. The number of piperidine rings is 1. The summed E-state index contributed by atoms with van der Waals surface area (Å²) in [6, 6.07) is 5.34. The van der Waals surface area contributed by atoms with Crippen molar-refractivity contribution in [2.75, 3.05) is 25.1 Å². The molecule has 0 bridgehead atoms. The lowest BCUT2D eigenvalue weighted by Gasteiger charge is -2.35. The number of carbonyl (C=O) groups excluding carboxylic acids is 3. The smallest absolute Gasteiger partial charge is 0.328 e. The molecule has 0 spiro atoms.